The van der Waals surface area contributed by atoms with Gasteiger partial charge in [0.1, 0.15) is 0 Å². The summed E-state index contributed by atoms with van der Waals surface area (Å²) in [5.74, 6) is -0.408. The van der Waals surface area contributed by atoms with Gasteiger partial charge in [-0.1, -0.05) is 6.92 Å². The van der Waals surface area contributed by atoms with Gasteiger partial charge in [0, 0.05) is 18.9 Å². The molecule has 96 valence electrons. The van der Waals surface area contributed by atoms with E-state index in [1.165, 1.54) is 13.4 Å². The fraction of sp³-hybridized carbons (Fsp3) is 0.750. The summed E-state index contributed by atoms with van der Waals surface area (Å²) >= 11 is 0. The first-order chi connectivity index (χ1) is 8.10. The normalized spacial score (nSPS) is 40.2. The van der Waals surface area contributed by atoms with Crippen molar-refractivity contribution in [3.05, 3.63) is 11.8 Å². The van der Waals surface area contributed by atoms with E-state index in [0.717, 1.165) is 0 Å². The van der Waals surface area contributed by atoms with E-state index in [2.05, 4.69) is 0 Å². The molecule has 0 spiro atoms. The fourth-order valence-corrected chi connectivity index (χ4v) is 2.88. The summed E-state index contributed by atoms with van der Waals surface area (Å²) in [5, 5.41) is 9.92. The maximum Gasteiger partial charge on any atom is 0.337 e. The third kappa shape index (κ3) is 1.93. The molecule has 0 amide bonds. The van der Waals surface area contributed by atoms with Gasteiger partial charge in [0.05, 0.1) is 25.0 Å². The SMILES string of the molecule is COC(=O)C1=CO[C@H](OC)[C@H]2[C@@H](C)[C@H](O)C[C@@H]12. The average Bonchev–Trinajstić information content (AvgIpc) is 2.64. The van der Waals surface area contributed by atoms with Crippen molar-refractivity contribution in [2.24, 2.45) is 17.8 Å². The first kappa shape index (κ1) is 12.4. The molecule has 2 aliphatic rings. The number of hydrogen-bond donors (Lipinski definition) is 1. The number of rotatable bonds is 2. The standard InChI is InChI=1S/C12H18O5/c1-6-9(13)4-7-8(11(14)15-2)5-17-12(16-3)10(6)7/h5-7,9-10,12-13H,4H2,1-3H3/t6-,7-,9+,10-,12-/m0/s1. The molecule has 2 rings (SSSR count). The molecule has 1 N–H and O–H groups in total. The molecule has 5 heteroatoms. The second-order valence-corrected chi connectivity index (χ2v) is 4.65. The van der Waals surface area contributed by atoms with E-state index in [1.807, 2.05) is 6.92 Å². The monoisotopic (exact) mass is 242 g/mol. The summed E-state index contributed by atoms with van der Waals surface area (Å²) in [6, 6.07) is 0. The van der Waals surface area contributed by atoms with Crippen LogP contribution in [0.5, 0.6) is 0 Å². The van der Waals surface area contributed by atoms with Gasteiger partial charge < -0.3 is 19.3 Å². The second kappa shape index (κ2) is 4.66. The number of aliphatic hydroxyl groups excluding tert-OH is 1. The minimum Gasteiger partial charge on any atom is -0.472 e. The third-order valence-corrected chi connectivity index (χ3v) is 3.87. The highest BCUT2D eigenvalue weighted by Crippen LogP contribution is 2.46. The van der Waals surface area contributed by atoms with Crippen LogP contribution in [0.3, 0.4) is 0 Å². The smallest absolute Gasteiger partial charge is 0.337 e. The van der Waals surface area contributed by atoms with Crippen LogP contribution in [0.4, 0.5) is 0 Å². The van der Waals surface area contributed by atoms with Crippen LogP contribution >= 0.6 is 0 Å². The predicted molar refractivity (Wildman–Crippen MR) is 58.7 cm³/mol. The van der Waals surface area contributed by atoms with Crippen molar-refractivity contribution in [2.75, 3.05) is 14.2 Å². The van der Waals surface area contributed by atoms with E-state index in [9.17, 15) is 9.90 Å². The van der Waals surface area contributed by atoms with Crippen molar-refractivity contribution in [1.82, 2.24) is 0 Å². The van der Waals surface area contributed by atoms with Gasteiger partial charge in [-0.25, -0.2) is 4.79 Å². The van der Waals surface area contributed by atoms with Gasteiger partial charge >= 0.3 is 5.97 Å². The van der Waals surface area contributed by atoms with Gasteiger partial charge in [0.15, 0.2) is 0 Å². The number of ether oxygens (including phenoxy) is 3. The lowest BCUT2D eigenvalue weighted by Crippen LogP contribution is -2.37. The van der Waals surface area contributed by atoms with Crippen molar-refractivity contribution < 1.29 is 24.1 Å². The summed E-state index contributed by atoms with van der Waals surface area (Å²) < 4.78 is 15.4. The van der Waals surface area contributed by atoms with Crippen LogP contribution in [0.15, 0.2) is 11.8 Å². The van der Waals surface area contributed by atoms with Crippen LogP contribution in [0.25, 0.3) is 0 Å². The number of carbonyl (C=O) groups is 1. The minimum atomic E-state index is -0.433. The molecule has 0 unspecified atom stereocenters. The summed E-state index contributed by atoms with van der Waals surface area (Å²) in [5.41, 5.74) is 0.495. The highest BCUT2D eigenvalue weighted by atomic mass is 16.7. The molecule has 0 aromatic heterocycles. The quantitative estimate of drug-likeness (QED) is 0.721. The zero-order valence-corrected chi connectivity index (χ0v) is 10.3. The molecular weight excluding hydrogens is 224 g/mol. The van der Waals surface area contributed by atoms with Gasteiger partial charge in [0.2, 0.25) is 6.29 Å². The molecular formula is C12H18O5. The molecule has 1 fully saturated rings. The van der Waals surface area contributed by atoms with Crippen LogP contribution in [0, 0.1) is 17.8 Å². The Bertz CT molecular complexity index is 338. The Morgan fingerprint density at radius 3 is 2.82 bits per heavy atom. The van der Waals surface area contributed by atoms with Crippen molar-refractivity contribution in [3.63, 3.8) is 0 Å². The Hall–Kier alpha value is -1.07. The Labute approximate surface area is 100 Å². The van der Waals surface area contributed by atoms with Crippen molar-refractivity contribution in [1.29, 1.82) is 0 Å². The number of aliphatic hydroxyl groups is 1. The molecule has 0 radical (unpaired) electrons. The van der Waals surface area contributed by atoms with Crippen LogP contribution in [0.1, 0.15) is 13.3 Å². The summed E-state index contributed by atoms with van der Waals surface area (Å²) in [6.45, 7) is 1.95. The molecule has 0 bridgehead atoms. The van der Waals surface area contributed by atoms with Crippen molar-refractivity contribution >= 4 is 5.97 Å². The minimum absolute atomic E-state index is 0.00546. The Kier molecular flexibility index (Phi) is 3.40. The molecule has 5 atom stereocenters. The summed E-state index contributed by atoms with van der Waals surface area (Å²) in [6.07, 6.45) is 1.13. The highest BCUT2D eigenvalue weighted by molar-refractivity contribution is 5.89. The van der Waals surface area contributed by atoms with E-state index in [-0.39, 0.29) is 17.8 Å². The average molecular weight is 242 g/mol. The molecule has 5 nitrogen and oxygen atoms in total. The molecule has 0 saturated heterocycles. The van der Waals surface area contributed by atoms with E-state index < -0.39 is 18.4 Å². The van der Waals surface area contributed by atoms with E-state index in [4.69, 9.17) is 14.2 Å². The molecule has 1 aliphatic heterocycles. The van der Waals surface area contributed by atoms with Crippen molar-refractivity contribution in [3.8, 4) is 0 Å². The highest BCUT2D eigenvalue weighted by Gasteiger charge is 2.50. The molecule has 17 heavy (non-hydrogen) atoms. The fourth-order valence-electron chi connectivity index (χ4n) is 2.88. The Morgan fingerprint density at radius 2 is 2.24 bits per heavy atom. The number of methoxy groups -OCH3 is 2. The zero-order chi connectivity index (χ0) is 12.6. The maximum atomic E-state index is 11.6. The topological polar surface area (TPSA) is 65.0 Å². The maximum absolute atomic E-state index is 11.6. The van der Waals surface area contributed by atoms with Gasteiger partial charge in [-0.05, 0) is 12.3 Å². The lowest BCUT2D eigenvalue weighted by atomic mass is 9.83. The van der Waals surface area contributed by atoms with Gasteiger partial charge in [-0.15, -0.1) is 0 Å². The predicted octanol–water partition coefficient (Wildman–Crippen LogP) is 0.679. The largest absolute Gasteiger partial charge is 0.472 e. The molecule has 1 aliphatic carbocycles. The second-order valence-electron chi connectivity index (χ2n) is 4.65. The van der Waals surface area contributed by atoms with Crippen LogP contribution in [-0.2, 0) is 19.0 Å². The molecule has 0 aromatic carbocycles. The van der Waals surface area contributed by atoms with E-state index >= 15 is 0 Å². The van der Waals surface area contributed by atoms with Gasteiger partial charge in [-0.2, -0.15) is 0 Å². The number of hydrogen-bond acceptors (Lipinski definition) is 5. The van der Waals surface area contributed by atoms with E-state index in [1.54, 1.807) is 7.11 Å². The first-order valence-corrected chi connectivity index (χ1v) is 5.74. The molecule has 1 saturated carbocycles. The van der Waals surface area contributed by atoms with Crippen molar-refractivity contribution in [2.45, 2.75) is 25.7 Å². The molecule has 0 aromatic rings. The van der Waals surface area contributed by atoms with Crippen LogP contribution < -0.4 is 0 Å². The van der Waals surface area contributed by atoms with Crippen LogP contribution in [0.2, 0.25) is 0 Å². The first-order valence-electron chi connectivity index (χ1n) is 5.74. The number of fused-ring (bicyclic) bond motifs is 1. The summed E-state index contributed by atoms with van der Waals surface area (Å²) in [4.78, 5) is 11.6. The lowest BCUT2D eigenvalue weighted by molar-refractivity contribution is -0.155. The lowest BCUT2D eigenvalue weighted by Gasteiger charge is -2.34. The zero-order valence-electron chi connectivity index (χ0n) is 10.3. The van der Waals surface area contributed by atoms with Gasteiger partial charge in [0.25, 0.3) is 0 Å². The number of esters is 1. The molecule has 1 heterocycles. The van der Waals surface area contributed by atoms with Crippen LogP contribution in [-0.4, -0.2) is 37.7 Å². The Balaban J connectivity index is 2.29. The Morgan fingerprint density at radius 1 is 1.53 bits per heavy atom. The van der Waals surface area contributed by atoms with E-state index in [0.29, 0.717) is 12.0 Å². The van der Waals surface area contributed by atoms with Gasteiger partial charge in [-0.3, -0.25) is 0 Å². The third-order valence-electron chi connectivity index (χ3n) is 3.87. The number of carbonyl (C=O) groups excluding carboxylic acids is 1. The summed E-state index contributed by atoms with van der Waals surface area (Å²) in [7, 11) is 2.91.